The van der Waals surface area contributed by atoms with Gasteiger partial charge in [-0.15, -0.1) is 0 Å². The van der Waals surface area contributed by atoms with Crippen molar-refractivity contribution in [3.05, 3.63) is 23.8 Å². The summed E-state index contributed by atoms with van der Waals surface area (Å²) in [5, 5.41) is 9.88. The summed E-state index contributed by atoms with van der Waals surface area (Å²) in [5.74, 6) is -1.38. The van der Waals surface area contributed by atoms with Crippen molar-refractivity contribution in [1.82, 2.24) is 0 Å². The molecule has 0 saturated carbocycles. The number of aliphatic carboxylic acids is 1. The Morgan fingerprint density at radius 2 is 1.77 bits per heavy atom. The maximum Gasteiger partial charge on any atom is 0.373 e. The summed E-state index contributed by atoms with van der Waals surface area (Å²) in [7, 11) is -8.55. The number of benzene rings is 1. The van der Waals surface area contributed by atoms with Gasteiger partial charge in [0, 0.05) is 25.0 Å². The largest absolute Gasteiger partial charge is 0.476 e. The fourth-order valence-corrected chi connectivity index (χ4v) is 5.29. The molecule has 2 rings (SSSR count). The third-order valence-electron chi connectivity index (χ3n) is 6.04. The van der Waals surface area contributed by atoms with Gasteiger partial charge in [-0.1, -0.05) is 19.8 Å². The maximum atomic E-state index is 12.1. The van der Waals surface area contributed by atoms with Crippen LogP contribution in [0.15, 0.2) is 23.1 Å². The summed E-state index contributed by atoms with van der Waals surface area (Å²) in [6, 6.07) is 3.27. The van der Waals surface area contributed by atoms with Gasteiger partial charge in [-0.25, -0.2) is 4.79 Å². The van der Waals surface area contributed by atoms with Gasteiger partial charge < -0.3 is 5.11 Å². The topological polar surface area (TPSA) is 149 Å². The number of nitrogens with zero attached hydrogens (tertiary/aromatic N) is 1. The van der Waals surface area contributed by atoms with Crippen molar-refractivity contribution in [2.24, 2.45) is 0 Å². The van der Waals surface area contributed by atoms with Gasteiger partial charge in [-0.2, -0.15) is 21.4 Å². The van der Waals surface area contributed by atoms with Crippen LogP contribution in [0.5, 0.6) is 0 Å². The van der Waals surface area contributed by atoms with Gasteiger partial charge >= 0.3 is 5.97 Å². The Kier molecular flexibility index (Phi) is 7.68. The number of rotatable bonds is 11. The number of carboxylic acid groups (broad SMARTS) is 1. The lowest BCUT2D eigenvalue weighted by atomic mass is 9.76. The molecule has 11 heteroatoms. The fourth-order valence-electron chi connectivity index (χ4n) is 4.21. The Morgan fingerprint density at radius 3 is 2.29 bits per heavy atom. The van der Waals surface area contributed by atoms with Gasteiger partial charge in [0.05, 0.1) is 16.1 Å². The molecule has 31 heavy (non-hydrogen) atoms. The fraction of sp³-hybridized carbons (Fsp3) is 0.600. The van der Waals surface area contributed by atoms with E-state index in [-0.39, 0.29) is 11.3 Å². The highest BCUT2D eigenvalue weighted by Gasteiger charge is 2.50. The molecule has 3 N–H and O–H groups in total. The quantitative estimate of drug-likeness (QED) is 0.251. The van der Waals surface area contributed by atoms with Crippen LogP contribution in [0.4, 0.5) is 5.69 Å². The van der Waals surface area contributed by atoms with E-state index in [9.17, 15) is 31.3 Å². The molecule has 1 aliphatic heterocycles. The third kappa shape index (κ3) is 5.71. The molecule has 1 aromatic carbocycles. The predicted molar refractivity (Wildman–Crippen MR) is 115 cm³/mol. The van der Waals surface area contributed by atoms with Crippen LogP contribution in [0.2, 0.25) is 0 Å². The second-order valence-electron chi connectivity index (χ2n) is 8.18. The zero-order valence-corrected chi connectivity index (χ0v) is 19.5. The van der Waals surface area contributed by atoms with Crippen molar-refractivity contribution in [3.63, 3.8) is 0 Å². The molecule has 0 amide bonds. The van der Waals surface area contributed by atoms with Crippen molar-refractivity contribution >= 4 is 37.6 Å². The number of carboxylic acids is 1. The van der Waals surface area contributed by atoms with Crippen molar-refractivity contribution in [1.29, 1.82) is 0 Å². The summed E-state index contributed by atoms with van der Waals surface area (Å²) in [6.07, 6.45) is 2.94. The van der Waals surface area contributed by atoms with Gasteiger partial charge in [0.2, 0.25) is 5.69 Å². The van der Waals surface area contributed by atoms with Crippen LogP contribution in [0.1, 0.15) is 64.9 Å². The predicted octanol–water partition coefficient (Wildman–Crippen LogP) is 3.01. The van der Waals surface area contributed by atoms with E-state index in [1.807, 2.05) is 13.8 Å². The molecule has 2 unspecified atom stereocenters. The van der Waals surface area contributed by atoms with Crippen LogP contribution in [0, 0.1) is 0 Å². The minimum Gasteiger partial charge on any atom is -0.476 e. The Balaban J connectivity index is 2.57. The Bertz CT molecular complexity index is 1090. The summed E-state index contributed by atoms with van der Waals surface area (Å²) >= 11 is 0. The Hall–Kier alpha value is -1.82. The molecule has 174 valence electrons. The van der Waals surface area contributed by atoms with Crippen LogP contribution < -0.4 is 0 Å². The van der Waals surface area contributed by atoms with Crippen LogP contribution in [0.25, 0.3) is 0 Å². The van der Waals surface area contributed by atoms with Crippen molar-refractivity contribution in [3.8, 4) is 0 Å². The molecule has 0 spiro atoms. The van der Waals surface area contributed by atoms with Crippen molar-refractivity contribution < 1.29 is 40.4 Å². The highest BCUT2D eigenvalue weighted by atomic mass is 32.2. The molecule has 0 bridgehead atoms. The SMILES string of the molecule is CCCCC(C(=O)O)[N+]1=C(C)C(C)(CCCCS(=O)(=O)O)c2cc(S(=O)(=O)O)ccc21. The second kappa shape index (κ2) is 9.35. The van der Waals surface area contributed by atoms with E-state index < -0.39 is 43.4 Å². The number of hydrogen-bond acceptors (Lipinski definition) is 5. The average molecular weight is 477 g/mol. The third-order valence-corrected chi connectivity index (χ3v) is 7.69. The Morgan fingerprint density at radius 1 is 1.13 bits per heavy atom. The van der Waals surface area contributed by atoms with E-state index in [1.165, 1.54) is 18.2 Å². The van der Waals surface area contributed by atoms with Gasteiger partial charge in [0.25, 0.3) is 26.3 Å². The highest BCUT2D eigenvalue weighted by molar-refractivity contribution is 7.86. The molecule has 1 heterocycles. The summed E-state index contributed by atoms with van der Waals surface area (Å²) < 4.78 is 65.6. The molecule has 0 aromatic heterocycles. The first-order valence-corrected chi connectivity index (χ1v) is 13.2. The van der Waals surface area contributed by atoms with Crippen LogP contribution in [-0.2, 0) is 30.4 Å². The maximum absolute atomic E-state index is 12.1. The molecule has 9 nitrogen and oxygen atoms in total. The van der Waals surface area contributed by atoms with E-state index in [0.29, 0.717) is 42.6 Å². The molecule has 1 aliphatic rings. The zero-order valence-electron chi connectivity index (χ0n) is 17.9. The van der Waals surface area contributed by atoms with Gasteiger partial charge in [-0.3, -0.25) is 9.11 Å². The molecule has 0 saturated heterocycles. The van der Waals surface area contributed by atoms with Crippen molar-refractivity contribution in [2.45, 2.75) is 75.6 Å². The zero-order chi connectivity index (χ0) is 23.6. The number of carbonyl (C=O) groups is 1. The second-order valence-corrected chi connectivity index (χ2v) is 11.2. The monoisotopic (exact) mass is 476 g/mol. The minimum atomic E-state index is -4.46. The van der Waals surface area contributed by atoms with E-state index in [2.05, 4.69) is 0 Å². The first-order chi connectivity index (χ1) is 14.2. The van der Waals surface area contributed by atoms with Gasteiger partial charge in [0.15, 0.2) is 5.71 Å². The molecule has 0 radical (unpaired) electrons. The normalized spacial score (nSPS) is 20.0. The average Bonchev–Trinajstić information content (AvgIpc) is 2.86. The first-order valence-electron chi connectivity index (χ1n) is 10.2. The minimum absolute atomic E-state index is 0.202. The molecule has 1 aromatic rings. The lowest BCUT2D eigenvalue weighted by molar-refractivity contribution is -0.473. The molecular weight excluding hydrogens is 446 g/mol. The summed E-state index contributed by atoms with van der Waals surface area (Å²) in [4.78, 5) is 11.8. The van der Waals surface area contributed by atoms with E-state index >= 15 is 0 Å². The van der Waals surface area contributed by atoms with E-state index in [4.69, 9.17) is 4.55 Å². The summed E-state index contributed by atoms with van der Waals surface area (Å²) in [5.41, 5.74) is 1.07. The molecule has 0 fully saturated rings. The van der Waals surface area contributed by atoms with Crippen LogP contribution >= 0.6 is 0 Å². The van der Waals surface area contributed by atoms with Crippen molar-refractivity contribution in [2.75, 3.05) is 5.75 Å². The van der Waals surface area contributed by atoms with E-state index in [0.717, 1.165) is 6.42 Å². The Labute approximate surface area is 183 Å². The lowest BCUT2D eigenvalue weighted by Gasteiger charge is -2.22. The van der Waals surface area contributed by atoms with Gasteiger partial charge in [0.1, 0.15) is 0 Å². The van der Waals surface area contributed by atoms with Crippen LogP contribution in [-0.4, -0.2) is 59.1 Å². The molecular formula is C20H30NO8S2+. The van der Waals surface area contributed by atoms with Crippen LogP contribution in [0.3, 0.4) is 0 Å². The molecule has 0 aliphatic carbocycles. The standard InChI is InChI=1S/C20H29NO8S2/c1-4-5-8-18(19(22)23)21-14(2)20(3,11-6-7-12-30(24,25)26)16-13-15(31(27,28)29)9-10-17(16)21/h9-10,13,18H,4-8,11-12H2,1-3H3,(H2-,22,23,24,25,26,27,28,29)/p+1. The lowest BCUT2D eigenvalue weighted by Crippen LogP contribution is -2.37. The number of unbranched alkanes of at least 4 members (excludes halogenated alkanes) is 2. The smallest absolute Gasteiger partial charge is 0.373 e. The number of hydrogen-bond donors (Lipinski definition) is 3. The van der Waals surface area contributed by atoms with Gasteiger partial charge in [-0.05, 0) is 38.3 Å². The van der Waals surface area contributed by atoms with E-state index in [1.54, 1.807) is 11.5 Å². The highest BCUT2D eigenvalue weighted by Crippen LogP contribution is 2.45. The summed E-state index contributed by atoms with van der Waals surface area (Å²) in [6.45, 7) is 5.60. The molecule has 2 atom stereocenters. The first kappa shape index (κ1) is 25.4. The number of fused-ring (bicyclic) bond motifs is 1.